The molecular weight excluding hydrogens is 764 g/mol. The Bertz CT molecular complexity index is 2010. The molecule has 1 fully saturated rings. The molecule has 16 nitrogen and oxygen atoms in total. The van der Waals surface area contributed by atoms with Gasteiger partial charge in [0.2, 0.25) is 5.91 Å². The highest BCUT2D eigenvalue weighted by atomic mass is 16.7. The van der Waals surface area contributed by atoms with E-state index in [0.29, 0.717) is 13.1 Å². The van der Waals surface area contributed by atoms with Crippen LogP contribution in [-0.4, -0.2) is 130 Å². The van der Waals surface area contributed by atoms with Gasteiger partial charge in [-0.15, -0.1) is 0 Å². The summed E-state index contributed by atoms with van der Waals surface area (Å²) in [4.78, 5) is 42.7. The number of phenols is 3. The number of esters is 1. The van der Waals surface area contributed by atoms with Crippen LogP contribution in [-0.2, 0) is 23.8 Å². The van der Waals surface area contributed by atoms with Gasteiger partial charge in [-0.25, -0.2) is 0 Å². The molecule has 4 heterocycles. The number of carbonyl (C=O) groups is 3. The predicted octanol–water partition coefficient (Wildman–Crippen LogP) is 4.42. The number of nitrogens with zero attached hydrogens (tertiary/aromatic N) is 3. The third-order valence-electron chi connectivity index (χ3n) is 12.1. The first-order valence-electron chi connectivity index (χ1n) is 20.1. The lowest BCUT2D eigenvalue weighted by atomic mass is 9.78. The van der Waals surface area contributed by atoms with Crippen molar-refractivity contribution < 1.29 is 58.9 Å². The minimum Gasteiger partial charge on any atom is -0.507 e. The lowest BCUT2D eigenvalue weighted by molar-refractivity contribution is -0.160. The third-order valence-corrected chi connectivity index (χ3v) is 12.1. The second-order valence-corrected chi connectivity index (χ2v) is 16.5. The van der Waals surface area contributed by atoms with Gasteiger partial charge >= 0.3 is 11.8 Å². The summed E-state index contributed by atoms with van der Waals surface area (Å²) in [5.74, 6) is -8.72. The van der Waals surface area contributed by atoms with Crippen LogP contribution in [0.2, 0.25) is 0 Å². The van der Waals surface area contributed by atoms with Crippen LogP contribution < -0.4 is 10.1 Å². The van der Waals surface area contributed by atoms with E-state index >= 15 is 0 Å². The Hall–Kier alpha value is -4.90. The minimum absolute atomic E-state index is 0.0673. The number of hydrogen-bond acceptors (Lipinski definition) is 15. The number of aromatic hydroxyl groups is 3. The van der Waals surface area contributed by atoms with Crippen LogP contribution >= 0.6 is 0 Å². The number of aliphatic hydroxyl groups excluding tert-OH is 2. The number of methoxy groups -OCH3 is 1. The monoisotopic (exact) mass is 824 g/mol. The number of hydrazone groups is 1. The molecule has 6 rings (SSSR count). The molecule has 0 spiro atoms. The largest absolute Gasteiger partial charge is 0.507 e. The Kier molecular flexibility index (Phi) is 13.9. The number of ketones is 1. The second-order valence-electron chi connectivity index (χ2n) is 16.5. The smallest absolute Gasteiger partial charge is 0.312 e. The summed E-state index contributed by atoms with van der Waals surface area (Å²) >= 11 is 0. The number of piperazine rings is 1. The van der Waals surface area contributed by atoms with Gasteiger partial charge in [0.15, 0.2) is 5.75 Å². The van der Waals surface area contributed by atoms with Crippen LogP contribution in [0.1, 0.15) is 76.4 Å². The van der Waals surface area contributed by atoms with E-state index in [1.54, 1.807) is 51.8 Å². The van der Waals surface area contributed by atoms with Crippen molar-refractivity contribution in [3.8, 4) is 23.0 Å². The molecular formula is C43H60N4O12. The maximum Gasteiger partial charge on any atom is 0.312 e. The molecule has 6 N–H and O–H groups in total. The second kappa shape index (κ2) is 18.2. The van der Waals surface area contributed by atoms with Crippen LogP contribution in [0.25, 0.3) is 10.8 Å². The van der Waals surface area contributed by atoms with Gasteiger partial charge in [0.05, 0.1) is 53.0 Å². The average Bonchev–Trinajstić information content (AvgIpc) is 3.46. The minimum atomic E-state index is -2.04. The van der Waals surface area contributed by atoms with Crippen molar-refractivity contribution in [2.24, 2.45) is 34.7 Å². The number of amides is 1. The van der Waals surface area contributed by atoms with Crippen molar-refractivity contribution in [2.75, 3.05) is 45.7 Å². The van der Waals surface area contributed by atoms with E-state index in [4.69, 9.17) is 18.9 Å². The van der Waals surface area contributed by atoms with Crippen LogP contribution in [0.4, 0.5) is 5.69 Å². The molecule has 16 heteroatoms. The van der Waals surface area contributed by atoms with Crippen molar-refractivity contribution >= 4 is 40.3 Å². The number of allylic oxidation sites excluding steroid dienone is 1. The van der Waals surface area contributed by atoms with Gasteiger partial charge in [-0.2, -0.15) is 5.10 Å². The van der Waals surface area contributed by atoms with Crippen molar-refractivity contribution in [2.45, 2.75) is 92.0 Å². The van der Waals surface area contributed by atoms with Gasteiger partial charge in [0.1, 0.15) is 23.4 Å². The first-order valence-corrected chi connectivity index (χ1v) is 20.1. The number of phenolic OH excluding ortho intramolecular Hbond substituents is 3. The molecule has 0 aliphatic carbocycles. The van der Waals surface area contributed by atoms with Crippen LogP contribution in [0, 0.1) is 36.5 Å². The number of fused-ring (bicyclic) bond motifs is 15. The number of nitrogens with one attached hydrogen (secondary N) is 1. The Morgan fingerprint density at radius 2 is 1.61 bits per heavy atom. The van der Waals surface area contributed by atoms with E-state index in [1.807, 2.05) is 7.05 Å². The maximum absolute atomic E-state index is 14.4. The lowest BCUT2D eigenvalue weighted by Gasteiger charge is -2.38. The summed E-state index contributed by atoms with van der Waals surface area (Å²) in [6, 6.07) is 0. The summed E-state index contributed by atoms with van der Waals surface area (Å²) in [7, 11) is 3.43. The van der Waals surface area contributed by atoms with Crippen molar-refractivity contribution in [3.63, 3.8) is 0 Å². The highest BCUT2D eigenvalue weighted by molar-refractivity contribution is 6.23. The first-order chi connectivity index (χ1) is 27.7. The fourth-order valence-electron chi connectivity index (χ4n) is 8.11. The van der Waals surface area contributed by atoms with Gasteiger partial charge in [0, 0.05) is 87.7 Å². The molecule has 0 saturated carbocycles. The summed E-state index contributed by atoms with van der Waals surface area (Å²) in [6.07, 6.45) is 3.90. The zero-order valence-electron chi connectivity index (χ0n) is 35.6. The van der Waals surface area contributed by atoms with Gasteiger partial charge in [0.25, 0.3) is 5.78 Å². The highest BCUT2D eigenvalue weighted by Gasteiger charge is 2.50. The molecule has 1 saturated heterocycles. The normalized spacial score (nSPS) is 32.5. The number of hydrogen-bond donors (Lipinski definition) is 6. The molecule has 324 valence electrons. The molecule has 4 aliphatic rings. The molecule has 2 aromatic carbocycles. The molecule has 2 unspecified atom stereocenters. The average molecular weight is 825 g/mol. The van der Waals surface area contributed by atoms with Gasteiger partial charge in [-0.05, 0) is 26.5 Å². The standard InChI is InChI=1S/C43H60N4O12/c1-21-12-11-13-22(2)42(55)45-33-28(20-44-47-17-15-46(9)16-18-47)37(52)30-31(38(33)53)36(51)26(6)40-32(30)41(54)43(8,59-40)57-19-14-29(56-10)23(3)39(58-27(7)48)25(5)35(50)24(4)34(21)49/h11-12,14,19-25,29,34-35,39,49-53H,13,15-18H2,1-10H3,(H,45,55)/b12-11+,19-14+,44-20+/t21?,22?,23-,24-,25-,29+,34+,35-,39-,43+/m1/s1. The van der Waals surface area contributed by atoms with Gasteiger partial charge in [-0.3, -0.25) is 19.4 Å². The SMILES string of the molecule is CO[C@H]1/C=C/O[C@@]2(C)Oc3c(C)c(O)c4c(O)c(c(/C=N/N5CCN(C)CC5)c(O)c4c3C2=O)NC(=O)C(C)C/C=C/C(C)[C@H](O)[C@@H](C)[C@@H](O)[C@@H](C)[C@H](OC(C)=O)[C@@H]1C. The summed E-state index contributed by atoms with van der Waals surface area (Å²) < 4.78 is 23.6. The Morgan fingerprint density at radius 1 is 0.949 bits per heavy atom. The van der Waals surface area contributed by atoms with Crippen molar-refractivity contribution in [1.82, 2.24) is 9.91 Å². The van der Waals surface area contributed by atoms with Crippen LogP contribution in [0.3, 0.4) is 0 Å². The first kappa shape index (κ1) is 45.2. The Morgan fingerprint density at radius 3 is 2.24 bits per heavy atom. The number of ether oxygens (including phenoxy) is 4. The number of carbonyl (C=O) groups excluding carboxylic acids is 3. The molecule has 1 amide bonds. The van der Waals surface area contributed by atoms with E-state index in [9.17, 15) is 39.9 Å². The molecule has 5 bridgehead atoms. The summed E-state index contributed by atoms with van der Waals surface area (Å²) in [5.41, 5.74) is -0.430. The zero-order valence-corrected chi connectivity index (χ0v) is 35.6. The number of likely N-dealkylation sites (N-methyl/N-ethyl adjacent to an activating group) is 1. The fourth-order valence-corrected chi connectivity index (χ4v) is 8.11. The number of Topliss-reactive ketones (excluding diaryl/α,β-unsaturated/α-hetero) is 1. The third kappa shape index (κ3) is 9.00. The van der Waals surface area contributed by atoms with E-state index in [1.165, 1.54) is 46.4 Å². The van der Waals surface area contributed by atoms with E-state index in [-0.39, 0.29) is 45.3 Å². The van der Waals surface area contributed by atoms with Crippen molar-refractivity contribution in [1.29, 1.82) is 0 Å². The molecule has 4 aliphatic heterocycles. The van der Waals surface area contributed by atoms with Crippen molar-refractivity contribution in [3.05, 3.63) is 41.2 Å². The quantitative estimate of drug-likeness (QED) is 0.0827. The summed E-state index contributed by atoms with van der Waals surface area (Å²) in [5, 5.41) is 67.1. The topological polar surface area (TPSA) is 220 Å². The van der Waals surface area contributed by atoms with Gasteiger partial charge < -0.3 is 54.7 Å². The van der Waals surface area contributed by atoms with Crippen LogP contribution in [0.5, 0.6) is 23.0 Å². The maximum atomic E-state index is 14.4. The van der Waals surface area contributed by atoms with E-state index in [2.05, 4.69) is 15.3 Å². The number of anilines is 1. The number of benzene rings is 2. The lowest BCUT2D eigenvalue weighted by Crippen LogP contribution is -2.46. The predicted molar refractivity (Wildman–Crippen MR) is 221 cm³/mol. The molecule has 0 aromatic heterocycles. The molecule has 0 radical (unpaired) electrons. The summed E-state index contributed by atoms with van der Waals surface area (Å²) in [6.45, 7) is 15.3. The van der Waals surface area contributed by atoms with E-state index < -0.39 is 94.7 Å². The fraction of sp³-hybridized carbons (Fsp3) is 0.581. The number of rotatable bonds is 4. The van der Waals surface area contributed by atoms with E-state index in [0.717, 1.165) is 13.1 Å². The number of aliphatic hydroxyl groups is 2. The molecule has 2 aromatic rings. The highest BCUT2D eigenvalue weighted by Crippen LogP contribution is 2.55. The molecule has 10 atom stereocenters. The Balaban J connectivity index is 1.68. The Labute approximate surface area is 345 Å². The molecule has 59 heavy (non-hydrogen) atoms. The van der Waals surface area contributed by atoms with Gasteiger partial charge in [-0.1, -0.05) is 46.8 Å². The van der Waals surface area contributed by atoms with Crippen LogP contribution in [0.15, 0.2) is 29.6 Å². The zero-order chi connectivity index (χ0) is 43.7.